The molecule has 5 heteroatoms. The third-order valence-corrected chi connectivity index (χ3v) is 4.59. The molecule has 1 aromatic carbocycles. The molecule has 1 heterocycles. The number of anilines is 1. The molecule has 1 atom stereocenters. The van der Waals surface area contributed by atoms with Gasteiger partial charge < -0.3 is 20.0 Å². The summed E-state index contributed by atoms with van der Waals surface area (Å²) >= 11 is 0. The number of carbonyl (C=O) groups is 1. The lowest BCUT2D eigenvalue weighted by Crippen LogP contribution is -2.51. The molecule has 1 aliphatic heterocycles. The van der Waals surface area contributed by atoms with Crippen LogP contribution in [0.4, 0.5) is 5.69 Å². The van der Waals surface area contributed by atoms with Crippen molar-refractivity contribution in [1.29, 1.82) is 0 Å². The second-order valence-electron chi connectivity index (χ2n) is 6.56. The van der Waals surface area contributed by atoms with E-state index in [4.69, 9.17) is 0 Å². The molecule has 1 aromatic rings. The van der Waals surface area contributed by atoms with Crippen LogP contribution in [0.25, 0.3) is 0 Å². The number of hydrogen-bond donors (Lipinski definition) is 1. The molecule has 0 aliphatic carbocycles. The Hall–Kier alpha value is -1.59. The number of likely N-dealkylation sites (N-methyl/N-ethyl adjacent to an activating group) is 2. The number of benzene rings is 1. The fourth-order valence-electron chi connectivity index (χ4n) is 2.96. The molecule has 0 radical (unpaired) electrons. The third kappa shape index (κ3) is 5.84. The maximum Gasteiger partial charge on any atom is 0.221 e. The van der Waals surface area contributed by atoms with Crippen molar-refractivity contribution >= 4 is 11.6 Å². The average molecular weight is 318 g/mol. The molecule has 0 bridgehead atoms. The van der Waals surface area contributed by atoms with Gasteiger partial charge in [-0.1, -0.05) is 18.2 Å². The van der Waals surface area contributed by atoms with Crippen molar-refractivity contribution in [2.75, 3.05) is 58.8 Å². The van der Waals surface area contributed by atoms with E-state index in [0.29, 0.717) is 12.5 Å². The first-order valence-corrected chi connectivity index (χ1v) is 8.48. The molecular weight excluding hydrogens is 288 g/mol. The SMILES string of the molecule is CN1CCN(C)C(CC(=O)NCCCN(C)c2ccccc2)C1. The number of nitrogens with one attached hydrogen (secondary N) is 1. The van der Waals surface area contributed by atoms with Gasteiger partial charge in [0.15, 0.2) is 0 Å². The number of rotatable bonds is 7. The maximum absolute atomic E-state index is 12.1. The lowest BCUT2D eigenvalue weighted by atomic mass is 10.1. The number of piperazine rings is 1. The first-order chi connectivity index (χ1) is 11.1. The van der Waals surface area contributed by atoms with E-state index in [9.17, 15) is 4.79 Å². The van der Waals surface area contributed by atoms with Crippen LogP contribution in [0.3, 0.4) is 0 Å². The zero-order valence-corrected chi connectivity index (χ0v) is 14.7. The second kappa shape index (κ2) is 8.89. The van der Waals surface area contributed by atoms with Gasteiger partial charge in [-0.25, -0.2) is 0 Å². The Labute approximate surface area is 140 Å². The van der Waals surface area contributed by atoms with Crippen molar-refractivity contribution in [2.24, 2.45) is 0 Å². The Balaban J connectivity index is 1.63. The fourth-order valence-corrected chi connectivity index (χ4v) is 2.96. The van der Waals surface area contributed by atoms with E-state index < -0.39 is 0 Å². The van der Waals surface area contributed by atoms with Crippen molar-refractivity contribution in [2.45, 2.75) is 18.9 Å². The number of amides is 1. The zero-order valence-electron chi connectivity index (χ0n) is 14.7. The summed E-state index contributed by atoms with van der Waals surface area (Å²) < 4.78 is 0. The summed E-state index contributed by atoms with van der Waals surface area (Å²) in [6.45, 7) is 4.77. The molecular formula is C18H30N4O. The van der Waals surface area contributed by atoms with Gasteiger partial charge in [-0.2, -0.15) is 0 Å². The van der Waals surface area contributed by atoms with E-state index in [-0.39, 0.29) is 5.91 Å². The number of para-hydroxylation sites is 1. The van der Waals surface area contributed by atoms with Gasteiger partial charge in [-0.3, -0.25) is 4.79 Å². The Morgan fingerprint density at radius 1 is 1.26 bits per heavy atom. The Morgan fingerprint density at radius 3 is 2.74 bits per heavy atom. The van der Waals surface area contributed by atoms with Gasteiger partial charge >= 0.3 is 0 Å². The maximum atomic E-state index is 12.1. The smallest absolute Gasteiger partial charge is 0.221 e. The van der Waals surface area contributed by atoms with Crippen molar-refractivity contribution < 1.29 is 4.79 Å². The molecule has 23 heavy (non-hydrogen) atoms. The highest BCUT2D eigenvalue weighted by Gasteiger charge is 2.24. The van der Waals surface area contributed by atoms with Gasteiger partial charge in [-0.05, 0) is 32.6 Å². The number of hydrogen-bond acceptors (Lipinski definition) is 4. The summed E-state index contributed by atoms with van der Waals surface area (Å²) in [5.41, 5.74) is 1.21. The van der Waals surface area contributed by atoms with Crippen molar-refractivity contribution in [1.82, 2.24) is 15.1 Å². The van der Waals surface area contributed by atoms with Crippen molar-refractivity contribution in [3.63, 3.8) is 0 Å². The molecule has 2 rings (SSSR count). The van der Waals surface area contributed by atoms with Crippen LogP contribution in [0, 0.1) is 0 Å². The van der Waals surface area contributed by atoms with Gasteiger partial charge in [0, 0.05) is 57.9 Å². The summed E-state index contributed by atoms with van der Waals surface area (Å²) in [5.74, 6) is 0.166. The molecule has 0 spiro atoms. The van der Waals surface area contributed by atoms with Crippen LogP contribution in [-0.2, 0) is 4.79 Å². The van der Waals surface area contributed by atoms with Crippen LogP contribution in [-0.4, -0.2) is 75.6 Å². The van der Waals surface area contributed by atoms with E-state index in [1.807, 2.05) is 18.2 Å². The number of nitrogens with zero attached hydrogens (tertiary/aromatic N) is 3. The van der Waals surface area contributed by atoms with Gasteiger partial charge in [0.2, 0.25) is 5.91 Å². The highest BCUT2D eigenvalue weighted by atomic mass is 16.1. The van der Waals surface area contributed by atoms with Crippen molar-refractivity contribution in [3.8, 4) is 0 Å². The first-order valence-electron chi connectivity index (χ1n) is 8.48. The van der Waals surface area contributed by atoms with E-state index >= 15 is 0 Å². The minimum Gasteiger partial charge on any atom is -0.375 e. The summed E-state index contributed by atoms with van der Waals surface area (Å²) in [6.07, 6.45) is 1.55. The van der Waals surface area contributed by atoms with Gasteiger partial charge in [0.05, 0.1) is 0 Å². The lowest BCUT2D eigenvalue weighted by Gasteiger charge is -2.37. The highest BCUT2D eigenvalue weighted by molar-refractivity contribution is 5.76. The second-order valence-corrected chi connectivity index (χ2v) is 6.56. The monoisotopic (exact) mass is 318 g/mol. The topological polar surface area (TPSA) is 38.8 Å². The van der Waals surface area contributed by atoms with E-state index in [1.165, 1.54) is 5.69 Å². The average Bonchev–Trinajstić information content (AvgIpc) is 2.55. The minimum atomic E-state index is 0.166. The Morgan fingerprint density at radius 2 is 2.00 bits per heavy atom. The molecule has 1 amide bonds. The molecule has 1 unspecified atom stereocenters. The molecule has 1 saturated heterocycles. The van der Waals surface area contributed by atoms with E-state index in [2.05, 4.69) is 53.3 Å². The van der Waals surface area contributed by atoms with Crippen LogP contribution in [0.15, 0.2) is 30.3 Å². The quantitative estimate of drug-likeness (QED) is 0.769. The minimum absolute atomic E-state index is 0.166. The predicted octanol–water partition coefficient (Wildman–Crippen LogP) is 1.27. The van der Waals surface area contributed by atoms with E-state index in [0.717, 1.165) is 39.1 Å². The molecule has 1 N–H and O–H groups in total. The Bertz CT molecular complexity index is 479. The van der Waals surface area contributed by atoms with Crippen molar-refractivity contribution in [3.05, 3.63) is 30.3 Å². The van der Waals surface area contributed by atoms with Crippen LogP contribution in [0.5, 0.6) is 0 Å². The zero-order chi connectivity index (χ0) is 16.7. The fraction of sp³-hybridized carbons (Fsp3) is 0.611. The molecule has 1 aliphatic rings. The van der Waals surface area contributed by atoms with Crippen LogP contribution >= 0.6 is 0 Å². The van der Waals surface area contributed by atoms with Gasteiger partial charge in [0.25, 0.3) is 0 Å². The van der Waals surface area contributed by atoms with Crippen LogP contribution in [0.1, 0.15) is 12.8 Å². The largest absolute Gasteiger partial charge is 0.375 e. The Kier molecular flexibility index (Phi) is 6.86. The molecule has 0 saturated carbocycles. The molecule has 128 valence electrons. The lowest BCUT2D eigenvalue weighted by molar-refractivity contribution is -0.122. The van der Waals surface area contributed by atoms with Crippen LogP contribution < -0.4 is 10.2 Å². The van der Waals surface area contributed by atoms with Gasteiger partial charge in [-0.15, -0.1) is 0 Å². The standard InChI is InChI=1S/C18H30N4O/c1-20-12-13-22(3)17(15-20)14-18(23)19-10-7-11-21(2)16-8-5-4-6-9-16/h4-6,8-9,17H,7,10-15H2,1-3H3,(H,19,23). The summed E-state index contributed by atoms with van der Waals surface area (Å²) in [5, 5.41) is 3.06. The molecule has 0 aromatic heterocycles. The normalized spacial score (nSPS) is 19.5. The van der Waals surface area contributed by atoms with Gasteiger partial charge in [0.1, 0.15) is 0 Å². The summed E-state index contributed by atoms with van der Waals surface area (Å²) in [7, 11) is 6.32. The van der Waals surface area contributed by atoms with Crippen LogP contribution in [0.2, 0.25) is 0 Å². The predicted molar refractivity (Wildman–Crippen MR) is 95.9 cm³/mol. The highest BCUT2D eigenvalue weighted by Crippen LogP contribution is 2.11. The van der Waals surface area contributed by atoms with E-state index in [1.54, 1.807) is 0 Å². The third-order valence-electron chi connectivity index (χ3n) is 4.59. The number of carbonyl (C=O) groups excluding carboxylic acids is 1. The molecule has 5 nitrogen and oxygen atoms in total. The summed E-state index contributed by atoms with van der Waals surface area (Å²) in [6, 6.07) is 10.7. The first kappa shape index (κ1) is 17.8. The molecule has 1 fully saturated rings. The summed E-state index contributed by atoms with van der Waals surface area (Å²) in [4.78, 5) is 18.9.